The molecule has 0 spiro atoms. The molecule has 12 rings (SSSR count). The molecule has 8 aromatic carbocycles. The highest BCUT2D eigenvalue weighted by atomic mass is 15.1. The third-order valence-corrected chi connectivity index (χ3v) is 12.5. The molecule has 59 heavy (non-hydrogen) atoms. The van der Waals surface area contributed by atoms with E-state index in [9.17, 15) is 0 Å². The summed E-state index contributed by atoms with van der Waals surface area (Å²) in [6, 6.07) is 76.6. The number of hydrogen-bond acceptors (Lipinski definition) is 2. The van der Waals surface area contributed by atoms with Crippen LogP contribution in [-0.4, -0.2) is 14.1 Å². The standard InChI is InChI=1S/C55H38N4/c1-4-16-39(17-5-1)53-56-49-25-13-15-27-51(49)59(53)43-34-30-38(31-35-43)37-28-32-42(33-29-37)58-50-26-14-11-22-44(50)46-36-48-52(57-54(46)58)45-23-10-12-24-47(45)55(48,40-18-6-2-7-19-40)41-20-8-3-9-21-41/h1-36,52,57H. The number of benzene rings is 8. The largest absolute Gasteiger partial charge is 0.360 e. The first-order valence-corrected chi connectivity index (χ1v) is 20.3. The minimum atomic E-state index is -0.442. The maximum absolute atomic E-state index is 5.04. The molecule has 2 aromatic heterocycles. The average molecular weight is 755 g/mol. The summed E-state index contributed by atoms with van der Waals surface area (Å²) in [5.41, 5.74) is 16.2. The summed E-state index contributed by atoms with van der Waals surface area (Å²) in [7, 11) is 0. The summed E-state index contributed by atoms with van der Waals surface area (Å²) >= 11 is 0. The molecule has 278 valence electrons. The monoisotopic (exact) mass is 754 g/mol. The molecule has 0 saturated heterocycles. The van der Waals surface area contributed by atoms with Crippen molar-refractivity contribution in [1.82, 2.24) is 14.1 Å². The van der Waals surface area contributed by atoms with Crippen LogP contribution in [-0.2, 0) is 5.41 Å². The Morgan fingerprint density at radius 3 is 1.68 bits per heavy atom. The number of nitrogens with zero attached hydrogens (tertiary/aromatic N) is 3. The molecule has 1 unspecified atom stereocenters. The summed E-state index contributed by atoms with van der Waals surface area (Å²) in [5.74, 6) is 2.05. The maximum Gasteiger partial charge on any atom is 0.145 e. The Balaban J connectivity index is 0.960. The van der Waals surface area contributed by atoms with E-state index in [0.29, 0.717) is 0 Å². The molecule has 1 aliphatic carbocycles. The second-order valence-electron chi connectivity index (χ2n) is 15.6. The summed E-state index contributed by atoms with van der Waals surface area (Å²) in [5, 5.41) is 5.38. The fourth-order valence-corrected chi connectivity index (χ4v) is 9.95. The molecule has 10 aromatic rings. The lowest BCUT2D eigenvalue weighted by Crippen LogP contribution is -2.31. The smallest absolute Gasteiger partial charge is 0.145 e. The number of nitrogens with one attached hydrogen (secondary N) is 1. The van der Waals surface area contributed by atoms with Crippen LogP contribution in [0.1, 0.15) is 33.9 Å². The van der Waals surface area contributed by atoms with Crippen molar-refractivity contribution in [3.63, 3.8) is 0 Å². The Kier molecular flexibility index (Phi) is 7.48. The number of imidazole rings is 1. The van der Waals surface area contributed by atoms with Gasteiger partial charge in [-0.25, -0.2) is 4.98 Å². The zero-order chi connectivity index (χ0) is 38.9. The van der Waals surface area contributed by atoms with Crippen LogP contribution in [0, 0.1) is 0 Å². The van der Waals surface area contributed by atoms with E-state index in [2.05, 4.69) is 221 Å². The van der Waals surface area contributed by atoms with Crippen LogP contribution in [0.4, 0.5) is 5.82 Å². The second kappa shape index (κ2) is 13.2. The van der Waals surface area contributed by atoms with Gasteiger partial charge in [0.2, 0.25) is 0 Å². The van der Waals surface area contributed by atoms with Crippen LogP contribution in [0.15, 0.2) is 218 Å². The van der Waals surface area contributed by atoms with Crippen LogP contribution < -0.4 is 5.32 Å². The van der Waals surface area contributed by atoms with E-state index in [1.807, 2.05) is 12.1 Å². The van der Waals surface area contributed by atoms with Gasteiger partial charge in [-0.15, -0.1) is 0 Å². The van der Waals surface area contributed by atoms with E-state index in [1.54, 1.807) is 0 Å². The van der Waals surface area contributed by atoms with Crippen molar-refractivity contribution in [3.05, 3.63) is 246 Å². The fourth-order valence-electron chi connectivity index (χ4n) is 9.95. The molecule has 1 N–H and O–H groups in total. The van der Waals surface area contributed by atoms with E-state index in [-0.39, 0.29) is 6.04 Å². The predicted octanol–water partition coefficient (Wildman–Crippen LogP) is 13.2. The number of rotatable bonds is 6. The van der Waals surface area contributed by atoms with E-state index < -0.39 is 5.41 Å². The predicted molar refractivity (Wildman–Crippen MR) is 242 cm³/mol. The topological polar surface area (TPSA) is 34.8 Å². The maximum atomic E-state index is 5.04. The third kappa shape index (κ3) is 5.00. The van der Waals surface area contributed by atoms with Crippen molar-refractivity contribution in [2.24, 2.45) is 0 Å². The quantitative estimate of drug-likeness (QED) is 0.183. The number of fused-ring (bicyclic) bond motifs is 7. The highest BCUT2D eigenvalue weighted by molar-refractivity contribution is 6.00. The van der Waals surface area contributed by atoms with E-state index in [0.717, 1.165) is 45.2 Å². The van der Waals surface area contributed by atoms with Gasteiger partial charge < -0.3 is 5.32 Å². The molecular weight excluding hydrogens is 717 g/mol. The fraction of sp³-hybridized carbons (Fsp3) is 0.0364. The zero-order valence-corrected chi connectivity index (χ0v) is 32.2. The van der Waals surface area contributed by atoms with Gasteiger partial charge in [0.1, 0.15) is 11.6 Å². The van der Waals surface area contributed by atoms with Crippen molar-refractivity contribution in [3.8, 4) is 33.9 Å². The van der Waals surface area contributed by atoms with Gasteiger partial charge in [-0.2, -0.15) is 0 Å². The van der Waals surface area contributed by atoms with Crippen LogP contribution >= 0.6 is 0 Å². The molecule has 0 saturated carbocycles. The van der Waals surface area contributed by atoms with Crippen molar-refractivity contribution in [2.45, 2.75) is 11.5 Å². The first kappa shape index (κ1) is 33.4. The normalized spacial score (nSPS) is 15.0. The Labute approximate surface area is 343 Å². The van der Waals surface area contributed by atoms with Gasteiger partial charge in [-0.1, -0.05) is 170 Å². The van der Waals surface area contributed by atoms with Crippen LogP contribution in [0.3, 0.4) is 0 Å². The number of aromatic nitrogens is 3. The van der Waals surface area contributed by atoms with Gasteiger partial charge in [0.25, 0.3) is 0 Å². The summed E-state index contributed by atoms with van der Waals surface area (Å²) in [6.45, 7) is 0. The summed E-state index contributed by atoms with van der Waals surface area (Å²) in [4.78, 5) is 5.04. The van der Waals surface area contributed by atoms with Crippen molar-refractivity contribution in [1.29, 1.82) is 0 Å². The molecule has 2 aliphatic rings. The van der Waals surface area contributed by atoms with E-state index >= 15 is 0 Å². The lowest BCUT2D eigenvalue weighted by atomic mass is 9.67. The highest BCUT2D eigenvalue weighted by Crippen LogP contribution is 2.60. The molecule has 4 nitrogen and oxygen atoms in total. The zero-order valence-electron chi connectivity index (χ0n) is 32.2. The van der Waals surface area contributed by atoms with E-state index in [4.69, 9.17) is 4.98 Å². The number of anilines is 1. The number of hydrogen-bond donors (Lipinski definition) is 1. The van der Waals surface area contributed by atoms with Gasteiger partial charge in [0.15, 0.2) is 0 Å². The Morgan fingerprint density at radius 1 is 0.458 bits per heavy atom. The minimum absolute atomic E-state index is 0.00464. The van der Waals surface area contributed by atoms with Crippen LogP contribution in [0.5, 0.6) is 0 Å². The van der Waals surface area contributed by atoms with Crippen LogP contribution in [0.25, 0.3) is 61.9 Å². The highest BCUT2D eigenvalue weighted by Gasteiger charge is 2.52. The lowest BCUT2D eigenvalue weighted by Gasteiger charge is -2.37. The van der Waals surface area contributed by atoms with Gasteiger partial charge in [-0.05, 0) is 87.5 Å². The van der Waals surface area contributed by atoms with Gasteiger partial charge in [0, 0.05) is 27.9 Å². The summed E-state index contributed by atoms with van der Waals surface area (Å²) < 4.78 is 4.67. The van der Waals surface area contributed by atoms with Gasteiger partial charge in [0.05, 0.1) is 28.0 Å². The third-order valence-electron chi connectivity index (χ3n) is 12.5. The Morgan fingerprint density at radius 2 is 1.00 bits per heavy atom. The SMILES string of the molecule is C1=C2C(Nc3c1c1ccccc1n3-c1ccc(-c3ccc(-n4c(-c5ccccc5)nc5ccccc54)cc3)cc1)c1ccccc1C2(c1ccccc1)c1ccccc1. The molecule has 0 amide bonds. The Bertz CT molecular complexity index is 3170. The molecule has 0 bridgehead atoms. The van der Waals surface area contributed by atoms with Gasteiger partial charge in [-0.3, -0.25) is 9.13 Å². The van der Waals surface area contributed by atoms with Crippen molar-refractivity contribution >= 4 is 33.8 Å². The molecular formula is C55H38N4. The van der Waals surface area contributed by atoms with Crippen molar-refractivity contribution in [2.75, 3.05) is 5.32 Å². The van der Waals surface area contributed by atoms with Crippen LogP contribution in [0.2, 0.25) is 0 Å². The molecule has 1 atom stereocenters. The minimum Gasteiger partial charge on any atom is -0.360 e. The van der Waals surface area contributed by atoms with E-state index in [1.165, 1.54) is 49.9 Å². The van der Waals surface area contributed by atoms with Gasteiger partial charge >= 0.3 is 0 Å². The number of para-hydroxylation sites is 3. The first-order chi connectivity index (χ1) is 29.3. The molecule has 4 heteroatoms. The lowest BCUT2D eigenvalue weighted by molar-refractivity contribution is 0.725. The molecule has 0 radical (unpaired) electrons. The average Bonchev–Trinajstić information content (AvgIpc) is 3.96. The second-order valence-corrected chi connectivity index (χ2v) is 15.6. The first-order valence-electron chi connectivity index (χ1n) is 20.3. The molecule has 3 heterocycles. The summed E-state index contributed by atoms with van der Waals surface area (Å²) in [6.07, 6.45) is 2.50. The molecule has 0 fully saturated rings. The van der Waals surface area contributed by atoms with Crippen molar-refractivity contribution < 1.29 is 0 Å². The Hall–Kier alpha value is -7.69. The molecule has 1 aliphatic heterocycles.